The van der Waals surface area contributed by atoms with Crippen LogP contribution in [0.4, 0.5) is 0 Å². The van der Waals surface area contributed by atoms with Crippen LogP contribution in [-0.4, -0.2) is 23.9 Å². The van der Waals surface area contributed by atoms with E-state index in [0.29, 0.717) is 29.6 Å². The average Bonchev–Trinajstić information content (AvgIpc) is 3.02. The molecule has 0 bridgehead atoms. The second-order valence-corrected chi connectivity index (χ2v) is 5.24. The van der Waals surface area contributed by atoms with Crippen LogP contribution in [0.2, 0.25) is 5.02 Å². The minimum absolute atomic E-state index is 0.0498. The quantitative estimate of drug-likeness (QED) is 0.604. The predicted octanol–water partition coefficient (Wildman–Crippen LogP) is 4.38. The molecule has 4 nitrogen and oxygen atoms in total. The number of carbonyl (C=O) groups is 1. The van der Waals surface area contributed by atoms with Crippen molar-refractivity contribution in [2.24, 2.45) is 0 Å². The highest BCUT2D eigenvalue weighted by Crippen LogP contribution is 2.29. The molecule has 5 heteroatoms. The zero-order chi connectivity index (χ0) is 16.8. The zero-order valence-electron chi connectivity index (χ0n) is 13.0. The Morgan fingerprint density at radius 1 is 1.26 bits per heavy atom. The molecule has 0 spiro atoms. The van der Waals surface area contributed by atoms with Crippen molar-refractivity contribution in [3.8, 4) is 17.4 Å². The van der Waals surface area contributed by atoms with Gasteiger partial charge in [0.05, 0.1) is 5.02 Å². The first-order valence-electron chi connectivity index (χ1n) is 7.36. The Morgan fingerprint density at radius 3 is 2.57 bits per heavy atom. The van der Waals surface area contributed by atoms with Gasteiger partial charge in [-0.05, 0) is 38.1 Å². The van der Waals surface area contributed by atoms with Crippen LogP contribution in [-0.2, 0) is 4.79 Å². The van der Waals surface area contributed by atoms with E-state index >= 15 is 0 Å². The Bertz CT molecular complexity index is 767. The number of likely N-dealkylation sites (N-methyl/N-ethyl adjacent to an activating group) is 1. The molecule has 0 aliphatic heterocycles. The summed E-state index contributed by atoms with van der Waals surface area (Å²) in [5, 5.41) is 9.82. The van der Waals surface area contributed by atoms with Gasteiger partial charge in [-0.15, -0.1) is 0 Å². The van der Waals surface area contributed by atoms with Crippen LogP contribution >= 0.6 is 11.6 Å². The van der Waals surface area contributed by atoms with Gasteiger partial charge in [0.1, 0.15) is 23.2 Å². The summed E-state index contributed by atoms with van der Waals surface area (Å²) in [6.07, 6.45) is 1.46. The summed E-state index contributed by atoms with van der Waals surface area (Å²) in [6, 6.07) is 12.8. The summed E-state index contributed by atoms with van der Waals surface area (Å²) >= 11 is 6.14. The van der Waals surface area contributed by atoms with Crippen molar-refractivity contribution in [2.45, 2.75) is 13.8 Å². The summed E-state index contributed by atoms with van der Waals surface area (Å²) in [5.74, 6) is 0.736. The van der Waals surface area contributed by atoms with Crippen LogP contribution < -0.4 is 0 Å². The molecule has 0 fully saturated rings. The van der Waals surface area contributed by atoms with Gasteiger partial charge in [-0.25, -0.2) is 0 Å². The molecule has 0 saturated carbocycles. The molecule has 0 aliphatic carbocycles. The van der Waals surface area contributed by atoms with Gasteiger partial charge >= 0.3 is 0 Å². The maximum absolute atomic E-state index is 12.2. The molecule has 0 radical (unpaired) electrons. The fourth-order valence-electron chi connectivity index (χ4n) is 2.20. The third kappa shape index (κ3) is 3.82. The summed E-state index contributed by atoms with van der Waals surface area (Å²) in [6.45, 7) is 4.85. The SMILES string of the molecule is CCN(CC)C(=O)/C(C#N)=C/c1ccc(-c2ccccc2Cl)o1. The lowest BCUT2D eigenvalue weighted by Gasteiger charge is -2.17. The first-order valence-corrected chi connectivity index (χ1v) is 7.74. The van der Waals surface area contributed by atoms with E-state index in [0.717, 1.165) is 5.56 Å². The topological polar surface area (TPSA) is 57.2 Å². The van der Waals surface area contributed by atoms with Crippen LogP contribution in [0.1, 0.15) is 19.6 Å². The van der Waals surface area contributed by atoms with Crippen molar-refractivity contribution < 1.29 is 9.21 Å². The molecule has 0 aliphatic rings. The van der Waals surface area contributed by atoms with Crippen molar-refractivity contribution >= 4 is 23.6 Å². The molecule has 0 unspecified atom stereocenters. The normalized spacial score (nSPS) is 11.1. The number of nitriles is 1. The molecule has 0 N–H and O–H groups in total. The molecule has 23 heavy (non-hydrogen) atoms. The molecule has 2 aromatic rings. The van der Waals surface area contributed by atoms with Crippen molar-refractivity contribution in [3.05, 3.63) is 52.8 Å². The van der Waals surface area contributed by atoms with E-state index in [2.05, 4.69) is 0 Å². The number of hydrogen-bond donors (Lipinski definition) is 0. The number of rotatable bonds is 5. The number of nitrogens with zero attached hydrogens (tertiary/aromatic N) is 2. The predicted molar refractivity (Wildman–Crippen MR) is 90.7 cm³/mol. The standard InChI is InChI=1S/C18H17ClN2O2/c1-3-21(4-2)18(22)13(12-20)11-14-9-10-17(23-14)15-7-5-6-8-16(15)19/h5-11H,3-4H2,1-2H3/b13-11+. The molecule has 1 aromatic carbocycles. The second-order valence-electron chi connectivity index (χ2n) is 4.83. The number of carbonyl (C=O) groups excluding carboxylic acids is 1. The molecule has 1 amide bonds. The maximum Gasteiger partial charge on any atom is 0.264 e. The Labute approximate surface area is 140 Å². The van der Waals surface area contributed by atoms with Crippen molar-refractivity contribution in [1.82, 2.24) is 4.90 Å². The fourth-order valence-corrected chi connectivity index (χ4v) is 2.43. The summed E-state index contributed by atoms with van der Waals surface area (Å²) in [7, 11) is 0. The lowest BCUT2D eigenvalue weighted by atomic mass is 10.2. The van der Waals surface area contributed by atoms with Crippen LogP contribution in [0.15, 0.2) is 46.4 Å². The Morgan fingerprint density at radius 2 is 1.96 bits per heavy atom. The highest BCUT2D eigenvalue weighted by molar-refractivity contribution is 6.33. The maximum atomic E-state index is 12.2. The van der Waals surface area contributed by atoms with E-state index in [9.17, 15) is 10.1 Å². The molecule has 2 rings (SSSR count). The highest BCUT2D eigenvalue weighted by Gasteiger charge is 2.16. The second kappa shape index (κ2) is 7.66. The van der Waals surface area contributed by atoms with Crippen LogP contribution in [0.5, 0.6) is 0 Å². The van der Waals surface area contributed by atoms with Crippen molar-refractivity contribution in [3.63, 3.8) is 0 Å². The number of hydrogen-bond acceptors (Lipinski definition) is 3. The molecule has 0 atom stereocenters. The van der Waals surface area contributed by atoms with Gasteiger partial charge in [-0.2, -0.15) is 5.26 Å². The minimum atomic E-state index is -0.298. The number of amides is 1. The van der Waals surface area contributed by atoms with Crippen molar-refractivity contribution in [2.75, 3.05) is 13.1 Å². The molecular weight excluding hydrogens is 312 g/mol. The molecule has 1 aromatic heterocycles. The minimum Gasteiger partial charge on any atom is -0.457 e. The van der Waals surface area contributed by atoms with Crippen LogP contribution in [0.3, 0.4) is 0 Å². The third-order valence-corrected chi connectivity index (χ3v) is 3.78. The summed E-state index contributed by atoms with van der Waals surface area (Å²) < 4.78 is 5.70. The van der Waals surface area contributed by atoms with Gasteiger partial charge in [0.15, 0.2) is 0 Å². The van der Waals surface area contributed by atoms with Gasteiger partial charge in [0.25, 0.3) is 5.91 Å². The van der Waals surface area contributed by atoms with E-state index < -0.39 is 0 Å². The zero-order valence-corrected chi connectivity index (χ0v) is 13.8. The lowest BCUT2D eigenvalue weighted by Crippen LogP contribution is -2.31. The smallest absolute Gasteiger partial charge is 0.264 e. The third-order valence-electron chi connectivity index (χ3n) is 3.45. The Kier molecular flexibility index (Phi) is 5.61. The first-order chi connectivity index (χ1) is 11.1. The molecule has 0 saturated heterocycles. The van der Waals surface area contributed by atoms with Gasteiger partial charge in [0.2, 0.25) is 0 Å². The molecule has 1 heterocycles. The Hall–Kier alpha value is -2.51. The average molecular weight is 329 g/mol. The summed E-state index contributed by atoms with van der Waals surface area (Å²) in [4.78, 5) is 13.8. The molecule has 118 valence electrons. The van der Waals surface area contributed by atoms with E-state index in [1.54, 1.807) is 23.1 Å². The number of benzene rings is 1. The lowest BCUT2D eigenvalue weighted by molar-refractivity contribution is -0.126. The largest absolute Gasteiger partial charge is 0.457 e. The fraction of sp³-hybridized carbons (Fsp3) is 0.222. The van der Waals surface area contributed by atoms with E-state index in [-0.39, 0.29) is 11.5 Å². The van der Waals surface area contributed by atoms with Gasteiger partial charge < -0.3 is 9.32 Å². The van der Waals surface area contributed by atoms with Crippen molar-refractivity contribution in [1.29, 1.82) is 5.26 Å². The van der Waals surface area contributed by atoms with Crippen LogP contribution in [0, 0.1) is 11.3 Å². The number of furan rings is 1. The van der Waals surface area contributed by atoms with Gasteiger partial charge in [-0.1, -0.05) is 23.7 Å². The number of halogens is 1. The van der Waals surface area contributed by atoms with Gasteiger partial charge in [-0.3, -0.25) is 4.79 Å². The van der Waals surface area contributed by atoms with E-state index in [1.807, 2.05) is 38.1 Å². The van der Waals surface area contributed by atoms with E-state index in [4.69, 9.17) is 16.0 Å². The summed E-state index contributed by atoms with van der Waals surface area (Å²) in [5.41, 5.74) is 0.816. The Balaban J connectivity index is 2.31. The monoisotopic (exact) mass is 328 g/mol. The van der Waals surface area contributed by atoms with Crippen LogP contribution in [0.25, 0.3) is 17.4 Å². The van der Waals surface area contributed by atoms with E-state index in [1.165, 1.54) is 6.08 Å². The first kappa shape index (κ1) is 16.9. The van der Waals surface area contributed by atoms with Gasteiger partial charge in [0, 0.05) is 24.7 Å². The molecular formula is C18H17ClN2O2. The highest BCUT2D eigenvalue weighted by atomic mass is 35.5.